The zero-order valence-electron chi connectivity index (χ0n) is 9.35. The predicted octanol–water partition coefficient (Wildman–Crippen LogP) is 2.25. The molecule has 0 spiro atoms. The lowest BCUT2D eigenvalue weighted by molar-refractivity contribution is 0.626. The van der Waals surface area contributed by atoms with Crippen LogP contribution in [0.1, 0.15) is 11.1 Å². The van der Waals surface area contributed by atoms with E-state index in [4.69, 9.17) is 12.2 Å². The van der Waals surface area contributed by atoms with Crippen molar-refractivity contribution in [1.29, 1.82) is 0 Å². The van der Waals surface area contributed by atoms with Gasteiger partial charge in [-0.2, -0.15) is 5.10 Å². The second-order valence-electron chi connectivity index (χ2n) is 3.75. The van der Waals surface area contributed by atoms with Crippen molar-refractivity contribution in [2.45, 2.75) is 13.5 Å². The molecule has 2 aromatic rings. The molecule has 0 fully saturated rings. The van der Waals surface area contributed by atoms with Gasteiger partial charge in [-0.25, -0.2) is 9.07 Å². The molecule has 2 rings (SSSR count). The van der Waals surface area contributed by atoms with E-state index in [0.717, 1.165) is 11.1 Å². The minimum atomic E-state index is -0.237. The summed E-state index contributed by atoms with van der Waals surface area (Å²) in [5.41, 5.74) is 2.02. The van der Waals surface area contributed by atoms with Crippen LogP contribution in [0.3, 0.4) is 0 Å². The maximum absolute atomic E-state index is 12.7. The molecule has 1 aromatic carbocycles. The van der Waals surface area contributed by atoms with E-state index in [1.165, 1.54) is 12.1 Å². The Balaban J connectivity index is 1.94. The molecule has 17 heavy (non-hydrogen) atoms. The SMILES string of the molecule is Cc1cnn(C(=S)NCc2ccc(F)cc2)c1. The second kappa shape index (κ2) is 5.05. The number of benzene rings is 1. The molecule has 0 aliphatic rings. The topological polar surface area (TPSA) is 29.9 Å². The van der Waals surface area contributed by atoms with E-state index in [1.807, 2.05) is 13.1 Å². The van der Waals surface area contributed by atoms with Crippen molar-refractivity contribution in [2.24, 2.45) is 0 Å². The molecular weight excluding hydrogens is 237 g/mol. The third-order valence-corrected chi connectivity index (χ3v) is 2.61. The summed E-state index contributed by atoms with van der Waals surface area (Å²) in [6.07, 6.45) is 3.59. The molecule has 0 unspecified atom stereocenters. The average molecular weight is 249 g/mol. The fraction of sp³-hybridized carbons (Fsp3) is 0.167. The smallest absolute Gasteiger partial charge is 0.194 e. The Morgan fingerprint density at radius 1 is 1.41 bits per heavy atom. The summed E-state index contributed by atoms with van der Waals surface area (Å²) in [4.78, 5) is 0. The van der Waals surface area contributed by atoms with E-state index in [2.05, 4.69) is 10.4 Å². The van der Waals surface area contributed by atoms with Crippen molar-refractivity contribution >= 4 is 17.3 Å². The quantitative estimate of drug-likeness (QED) is 0.828. The minimum absolute atomic E-state index is 0.237. The maximum atomic E-state index is 12.7. The van der Waals surface area contributed by atoms with Gasteiger partial charge < -0.3 is 5.32 Å². The predicted molar refractivity (Wildman–Crippen MR) is 68.2 cm³/mol. The molecule has 0 amide bonds. The highest BCUT2D eigenvalue weighted by Crippen LogP contribution is 2.02. The lowest BCUT2D eigenvalue weighted by Crippen LogP contribution is -2.28. The average Bonchev–Trinajstić information content (AvgIpc) is 2.75. The fourth-order valence-corrected chi connectivity index (χ4v) is 1.56. The summed E-state index contributed by atoms with van der Waals surface area (Å²) in [6.45, 7) is 2.50. The number of nitrogens with zero attached hydrogens (tertiary/aromatic N) is 2. The molecule has 0 saturated carbocycles. The molecule has 5 heteroatoms. The number of rotatable bonds is 2. The molecule has 0 aliphatic carbocycles. The number of aromatic nitrogens is 2. The molecule has 0 radical (unpaired) electrons. The highest BCUT2D eigenvalue weighted by molar-refractivity contribution is 7.80. The van der Waals surface area contributed by atoms with Gasteiger partial charge in [0.25, 0.3) is 0 Å². The monoisotopic (exact) mass is 249 g/mol. The zero-order valence-corrected chi connectivity index (χ0v) is 10.2. The van der Waals surface area contributed by atoms with Gasteiger partial charge in [0.15, 0.2) is 5.11 Å². The summed E-state index contributed by atoms with van der Waals surface area (Å²) in [7, 11) is 0. The number of halogens is 1. The van der Waals surface area contributed by atoms with E-state index in [-0.39, 0.29) is 5.82 Å². The molecule has 0 bridgehead atoms. The lowest BCUT2D eigenvalue weighted by atomic mass is 10.2. The van der Waals surface area contributed by atoms with Crippen molar-refractivity contribution in [3.05, 3.63) is 53.6 Å². The van der Waals surface area contributed by atoms with Gasteiger partial charge in [-0.3, -0.25) is 0 Å². The summed E-state index contributed by atoms with van der Waals surface area (Å²) >= 11 is 5.17. The summed E-state index contributed by atoms with van der Waals surface area (Å²) in [5, 5.41) is 7.68. The Kier molecular flexibility index (Phi) is 3.49. The van der Waals surface area contributed by atoms with Crippen LogP contribution in [0.5, 0.6) is 0 Å². The lowest BCUT2D eigenvalue weighted by Gasteiger charge is -2.07. The Labute approximate surface area is 104 Å². The van der Waals surface area contributed by atoms with Gasteiger partial charge in [-0.05, 0) is 42.4 Å². The Bertz CT molecular complexity index is 519. The molecule has 1 N–H and O–H groups in total. The van der Waals surface area contributed by atoms with Gasteiger partial charge in [0.05, 0.1) is 6.20 Å². The highest BCUT2D eigenvalue weighted by Gasteiger charge is 2.01. The van der Waals surface area contributed by atoms with Gasteiger partial charge in [-0.15, -0.1) is 0 Å². The minimum Gasteiger partial charge on any atom is -0.357 e. The standard InChI is InChI=1S/C12H12FN3S/c1-9-6-15-16(8-9)12(17)14-7-10-2-4-11(13)5-3-10/h2-6,8H,7H2,1H3,(H,14,17). The van der Waals surface area contributed by atoms with Crippen LogP contribution in [0.15, 0.2) is 36.7 Å². The van der Waals surface area contributed by atoms with Crippen LogP contribution >= 0.6 is 12.2 Å². The first-order valence-electron chi connectivity index (χ1n) is 5.19. The second-order valence-corrected chi connectivity index (χ2v) is 4.13. The van der Waals surface area contributed by atoms with Crippen molar-refractivity contribution in [3.63, 3.8) is 0 Å². The molecular formula is C12H12FN3S. The van der Waals surface area contributed by atoms with Crippen LogP contribution in [-0.2, 0) is 6.54 Å². The first kappa shape index (κ1) is 11.7. The number of hydrogen-bond acceptors (Lipinski definition) is 2. The maximum Gasteiger partial charge on any atom is 0.194 e. The number of nitrogens with one attached hydrogen (secondary N) is 1. The zero-order chi connectivity index (χ0) is 12.3. The third kappa shape index (κ3) is 3.10. The van der Waals surface area contributed by atoms with Crippen LogP contribution < -0.4 is 5.32 Å². The Hall–Kier alpha value is -1.75. The van der Waals surface area contributed by atoms with Gasteiger partial charge in [0, 0.05) is 12.7 Å². The summed E-state index contributed by atoms with van der Waals surface area (Å²) in [6, 6.07) is 6.30. The molecule has 1 aromatic heterocycles. The first-order chi connectivity index (χ1) is 8.15. The number of aryl methyl sites for hydroxylation is 1. The molecule has 3 nitrogen and oxygen atoms in total. The molecule has 0 atom stereocenters. The largest absolute Gasteiger partial charge is 0.357 e. The van der Waals surface area contributed by atoms with E-state index < -0.39 is 0 Å². The van der Waals surface area contributed by atoms with Crippen LogP contribution in [0.4, 0.5) is 4.39 Å². The van der Waals surface area contributed by atoms with E-state index in [0.29, 0.717) is 11.7 Å². The number of hydrogen-bond donors (Lipinski definition) is 1. The van der Waals surface area contributed by atoms with Crippen molar-refractivity contribution in [3.8, 4) is 0 Å². The van der Waals surface area contributed by atoms with Crippen LogP contribution in [-0.4, -0.2) is 14.9 Å². The van der Waals surface area contributed by atoms with E-state index in [9.17, 15) is 4.39 Å². The molecule has 0 aliphatic heterocycles. The summed E-state index contributed by atoms with van der Waals surface area (Å²) in [5.74, 6) is -0.237. The number of thiocarbonyl (C=S) groups is 1. The highest BCUT2D eigenvalue weighted by atomic mass is 32.1. The van der Waals surface area contributed by atoms with Gasteiger partial charge in [0.2, 0.25) is 0 Å². The fourth-order valence-electron chi connectivity index (χ4n) is 1.38. The summed E-state index contributed by atoms with van der Waals surface area (Å²) < 4.78 is 14.3. The van der Waals surface area contributed by atoms with Crippen LogP contribution in [0.25, 0.3) is 0 Å². The van der Waals surface area contributed by atoms with Crippen molar-refractivity contribution in [1.82, 2.24) is 15.1 Å². The van der Waals surface area contributed by atoms with E-state index in [1.54, 1.807) is 23.0 Å². The van der Waals surface area contributed by atoms with Crippen LogP contribution in [0.2, 0.25) is 0 Å². The van der Waals surface area contributed by atoms with Gasteiger partial charge in [0.1, 0.15) is 5.82 Å². The van der Waals surface area contributed by atoms with E-state index >= 15 is 0 Å². The Morgan fingerprint density at radius 3 is 2.71 bits per heavy atom. The Morgan fingerprint density at radius 2 is 2.12 bits per heavy atom. The first-order valence-corrected chi connectivity index (χ1v) is 5.60. The normalized spacial score (nSPS) is 10.2. The van der Waals surface area contributed by atoms with Crippen LogP contribution in [0, 0.1) is 12.7 Å². The van der Waals surface area contributed by atoms with Crippen molar-refractivity contribution in [2.75, 3.05) is 0 Å². The third-order valence-electron chi connectivity index (χ3n) is 2.28. The molecule has 0 saturated heterocycles. The molecule has 1 heterocycles. The van der Waals surface area contributed by atoms with Gasteiger partial charge in [-0.1, -0.05) is 12.1 Å². The van der Waals surface area contributed by atoms with Crippen molar-refractivity contribution < 1.29 is 4.39 Å². The molecule has 88 valence electrons. The van der Waals surface area contributed by atoms with Gasteiger partial charge >= 0.3 is 0 Å².